The molecular weight excluding hydrogens is 973 g/mol. The zero-order chi connectivity index (χ0) is 56.1. The van der Waals surface area contributed by atoms with Gasteiger partial charge in [0.15, 0.2) is 24.6 Å². The minimum absolute atomic E-state index is 0.0364. The maximum atomic E-state index is 13.1. The fourth-order valence-electron chi connectivity index (χ4n) is 8.48. The van der Waals surface area contributed by atoms with Crippen molar-refractivity contribution < 1.29 is 58.2 Å². The number of carboxylic acid groups (broad SMARTS) is 1. The van der Waals surface area contributed by atoms with E-state index in [9.17, 15) is 34.5 Å². The fourth-order valence-corrected chi connectivity index (χ4v) is 8.48. The molecule has 0 amide bonds. The Morgan fingerprint density at radius 2 is 0.818 bits per heavy atom. The number of unbranched alkanes of at least 4 members (excludes halogenated alkanes) is 20. The average molecular weight is 1080 g/mol. The van der Waals surface area contributed by atoms with E-state index in [1.165, 1.54) is 44.9 Å². The van der Waals surface area contributed by atoms with Crippen LogP contribution in [0, 0.1) is 0 Å². The summed E-state index contributed by atoms with van der Waals surface area (Å²) >= 11 is 0. The van der Waals surface area contributed by atoms with Crippen LogP contribution in [-0.4, -0.2) is 89.2 Å². The van der Waals surface area contributed by atoms with Gasteiger partial charge in [-0.05, 0) is 122 Å². The van der Waals surface area contributed by atoms with Crippen LogP contribution >= 0.6 is 0 Å². The standard InChI is InChI=1S/C65H106O12/c1-4-7-10-13-16-19-22-25-27-28-29-30-32-34-36-39-42-45-48-51-57(66)73-54-56(75-58(67)52-49-46-43-40-37-33-24-21-18-15-12-9-6-3)55-74-65-63(61(70)60(69)62(77-65)64(71)72)76-59(68)53-50-47-44-41-38-35-31-26-23-20-17-14-11-8-5-2/h7,10,16-17,19-21,24-27,29-31,34,36,56,60-63,65,69-70H,4-6,8-9,11-15,18,22-23,28,32-33,35,37-55H2,1-3H3,(H,71,72)/b10-7-,19-16-,20-17-,24-21-,27-25-,30-29-,31-26-,36-34-. The molecule has 0 bridgehead atoms. The monoisotopic (exact) mass is 1080 g/mol. The molecule has 12 heteroatoms. The van der Waals surface area contributed by atoms with Crippen LogP contribution in [0.2, 0.25) is 0 Å². The summed E-state index contributed by atoms with van der Waals surface area (Å²) in [5.74, 6) is -3.20. The van der Waals surface area contributed by atoms with E-state index < -0.39 is 67.3 Å². The molecule has 0 saturated carbocycles. The lowest BCUT2D eigenvalue weighted by atomic mass is 9.98. The third kappa shape index (κ3) is 42.3. The summed E-state index contributed by atoms with van der Waals surface area (Å²) in [4.78, 5) is 51.1. The Morgan fingerprint density at radius 3 is 1.30 bits per heavy atom. The van der Waals surface area contributed by atoms with Gasteiger partial charge in [-0.15, -0.1) is 0 Å². The van der Waals surface area contributed by atoms with Gasteiger partial charge in [0.25, 0.3) is 0 Å². The van der Waals surface area contributed by atoms with Crippen molar-refractivity contribution in [2.24, 2.45) is 0 Å². The molecule has 0 radical (unpaired) electrons. The maximum Gasteiger partial charge on any atom is 0.335 e. The second-order valence-electron chi connectivity index (χ2n) is 20.2. The van der Waals surface area contributed by atoms with Gasteiger partial charge in [-0.2, -0.15) is 0 Å². The van der Waals surface area contributed by atoms with Gasteiger partial charge in [-0.3, -0.25) is 14.4 Å². The molecular formula is C65H106O12. The largest absolute Gasteiger partial charge is 0.479 e. The molecule has 0 aromatic carbocycles. The highest BCUT2D eigenvalue weighted by Gasteiger charge is 2.50. The van der Waals surface area contributed by atoms with Crippen molar-refractivity contribution in [3.8, 4) is 0 Å². The van der Waals surface area contributed by atoms with E-state index in [0.29, 0.717) is 19.3 Å². The summed E-state index contributed by atoms with van der Waals surface area (Å²) in [5.41, 5.74) is 0. The molecule has 0 spiro atoms. The molecule has 1 heterocycles. The smallest absolute Gasteiger partial charge is 0.335 e. The fraction of sp³-hybridized carbons (Fsp3) is 0.692. The molecule has 1 aliphatic heterocycles. The third-order valence-corrected chi connectivity index (χ3v) is 13.1. The molecule has 1 saturated heterocycles. The second-order valence-corrected chi connectivity index (χ2v) is 20.2. The number of carbonyl (C=O) groups excluding carboxylic acids is 3. The van der Waals surface area contributed by atoms with Gasteiger partial charge in [0.2, 0.25) is 0 Å². The van der Waals surface area contributed by atoms with Crippen molar-refractivity contribution in [2.75, 3.05) is 13.2 Å². The summed E-state index contributed by atoms with van der Waals surface area (Å²) in [6, 6.07) is 0. The molecule has 1 aliphatic rings. The lowest BCUT2D eigenvalue weighted by molar-refractivity contribution is -0.301. The van der Waals surface area contributed by atoms with Crippen molar-refractivity contribution in [1.29, 1.82) is 0 Å². The van der Waals surface area contributed by atoms with Crippen molar-refractivity contribution in [3.63, 3.8) is 0 Å². The van der Waals surface area contributed by atoms with Crippen molar-refractivity contribution in [2.45, 2.75) is 276 Å². The predicted molar refractivity (Wildman–Crippen MR) is 312 cm³/mol. The van der Waals surface area contributed by atoms with Crippen LogP contribution in [0.1, 0.15) is 239 Å². The van der Waals surface area contributed by atoms with Crippen LogP contribution in [0.3, 0.4) is 0 Å². The van der Waals surface area contributed by atoms with Gasteiger partial charge in [-0.1, -0.05) is 195 Å². The highest BCUT2D eigenvalue weighted by atomic mass is 16.7. The molecule has 438 valence electrons. The molecule has 77 heavy (non-hydrogen) atoms. The maximum absolute atomic E-state index is 13.1. The molecule has 0 aliphatic carbocycles. The number of aliphatic hydroxyl groups excluding tert-OH is 2. The Hall–Kier alpha value is -4.36. The van der Waals surface area contributed by atoms with E-state index in [1.54, 1.807) is 0 Å². The van der Waals surface area contributed by atoms with Gasteiger partial charge in [0.05, 0.1) is 6.61 Å². The van der Waals surface area contributed by atoms with E-state index in [2.05, 4.69) is 118 Å². The highest BCUT2D eigenvalue weighted by Crippen LogP contribution is 2.26. The van der Waals surface area contributed by atoms with Crippen LogP contribution < -0.4 is 0 Å². The van der Waals surface area contributed by atoms with Gasteiger partial charge < -0.3 is 39.0 Å². The number of rotatable bonds is 50. The molecule has 6 unspecified atom stereocenters. The molecule has 1 fully saturated rings. The number of ether oxygens (including phenoxy) is 5. The molecule has 0 aromatic rings. The third-order valence-electron chi connectivity index (χ3n) is 13.1. The number of hydrogen-bond donors (Lipinski definition) is 3. The lowest BCUT2D eigenvalue weighted by Gasteiger charge is -2.40. The number of aliphatic hydroxyl groups is 2. The quantitative estimate of drug-likeness (QED) is 0.0228. The first-order chi connectivity index (χ1) is 37.6. The van der Waals surface area contributed by atoms with Crippen LogP contribution in [0.4, 0.5) is 0 Å². The second kappa shape index (κ2) is 52.3. The number of esters is 3. The SMILES string of the molecule is CC/C=C\C/C=C\C/C=C\C/C=C\C/C=C\CCCCCC(=O)OCC(COC1OC(C(=O)O)C(O)C(O)C1OC(=O)CCCCCCC/C=C\C/C=C\CCCCC)OC(=O)CCCCCCC/C=C\CCCCCC. The summed E-state index contributed by atoms with van der Waals surface area (Å²) in [5, 5.41) is 31.5. The summed E-state index contributed by atoms with van der Waals surface area (Å²) < 4.78 is 28.4. The van der Waals surface area contributed by atoms with E-state index >= 15 is 0 Å². The van der Waals surface area contributed by atoms with E-state index in [-0.39, 0.29) is 25.9 Å². The molecule has 12 nitrogen and oxygen atoms in total. The number of aliphatic carboxylic acids is 1. The Kier molecular flexibility index (Phi) is 48.0. The Morgan fingerprint density at radius 1 is 0.442 bits per heavy atom. The molecule has 3 N–H and O–H groups in total. The molecule has 6 atom stereocenters. The van der Waals surface area contributed by atoms with Crippen molar-refractivity contribution in [1.82, 2.24) is 0 Å². The van der Waals surface area contributed by atoms with E-state index in [4.69, 9.17) is 23.7 Å². The summed E-state index contributed by atoms with van der Waals surface area (Å²) in [7, 11) is 0. The predicted octanol–water partition coefficient (Wildman–Crippen LogP) is 15.7. The zero-order valence-electron chi connectivity index (χ0n) is 48.2. The first kappa shape index (κ1) is 70.7. The summed E-state index contributed by atoms with van der Waals surface area (Å²) in [6.45, 7) is 5.79. The van der Waals surface area contributed by atoms with E-state index in [0.717, 1.165) is 135 Å². The Labute approximate surface area is 466 Å². The minimum atomic E-state index is -1.92. The zero-order valence-corrected chi connectivity index (χ0v) is 48.2. The first-order valence-corrected chi connectivity index (χ1v) is 30.2. The minimum Gasteiger partial charge on any atom is -0.479 e. The Bertz CT molecular complexity index is 1710. The number of carbonyl (C=O) groups is 4. The van der Waals surface area contributed by atoms with Crippen molar-refractivity contribution >= 4 is 23.9 Å². The van der Waals surface area contributed by atoms with Gasteiger partial charge in [-0.25, -0.2) is 4.79 Å². The normalized spacial score (nSPS) is 18.7. The van der Waals surface area contributed by atoms with Crippen LogP contribution in [0.25, 0.3) is 0 Å². The molecule has 1 rings (SSSR count). The van der Waals surface area contributed by atoms with Gasteiger partial charge >= 0.3 is 23.9 Å². The van der Waals surface area contributed by atoms with Crippen molar-refractivity contribution in [3.05, 3.63) is 97.2 Å². The van der Waals surface area contributed by atoms with Crippen LogP contribution in [0.5, 0.6) is 0 Å². The molecule has 0 aromatic heterocycles. The average Bonchev–Trinajstić information content (AvgIpc) is 3.42. The number of hydrogen-bond acceptors (Lipinski definition) is 11. The highest BCUT2D eigenvalue weighted by molar-refractivity contribution is 5.74. The number of carboxylic acids is 1. The summed E-state index contributed by atoms with van der Waals surface area (Å²) in [6.07, 6.45) is 56.5. The van der Waals surface area contributed by atoms with Crippen LogP contribution in [0.15, 0.2) is 97.2 Å². The van der Waals surface area contributed by atoms with Gasteiger partial charge in [0, 0.05) is 19.3 Å². The van der Waals surface area contributed by atoms with Gasteiger partial charge in [0.1, 0.15) is 18.8 Å². The van der Waals surface area contributed by atoms with E-state index in [1.807, 2.05) is 0 Å². The van der Waals surface area contributed by atoms with Crippen LogP contribution in [-0.2, 0) is 42.9 Å². The Balaban J connectivity index is 2.72. The first-order valence-electron chi connectivity index (χ1n) is 30.2. The topological polar surface area (TPSA) is 175 Å². The lowest BCUT2D eigenvalue weighted by Crippen LogP contribution is -2.61. The number of allylic oxidation sites excluding steroid dienone is 16.